The maximum absolute atomic E-state index is 13.6. The number of rotatable bonds is 17. The minimum atomic E-state index is -1.66. The Morgan fingerprint density at radius 2 is 1.64 bits per heavy atom. The van der Waals surface area contributed by atoms with E-state index in [4.69, 9.17) is 30.1 Å². The topological polar surface area (TPSA) is 263 Å². The molecule has 2 saturated heterocycles. The van der Waals surface area contributed by atoms with Crippen LogP contribution in [0.5, 0.6) is 0 Å². The second kappa shape index (κ2) is 23.1. The fraction of sp³-hybridized carbons (Fsp3) is 0.842. The molecule has 4 fully saturated rings. The first-order valence-electron chi connectivity index (χ1n) is 19.5. The van der Waals surface area contributed by atoms with Crippen molar-refractivity contribution in [1.29, 1.82) is 0 Å². The minimum Gasteiger partial charge on any atom is -0.547 e. The predicted octanol–water partition coefficient (Wildman–Crippen LogP) is -4.82. The van der Waals surface area contributed by atoms with E-state index in [0.29, 0.717) is 19.3 Å². The molecule has 0 aromatic carbocycles. The third-order valence-electron chi connectivity index (χ3n) is 11.4. The minimum absolute atomic E-state index is 0. The largest absolute Gasteiger partial charge is 1.00 e. The maximum Gasteiger partial charge on any atom is 1.00 e. The average molecular weight is 807 g/mol. The molecule has 0 bridgehead atoms. The molecule has 2 aliphatic heterocycles. The molecule has 4 aliphatic rings. The van der Waals surface area contributed by atoms with E-state index in [0.717, 1.165) is 32.1 Å². The zero-order valence-electron chi connectivity index (χ0n) is 32.8. The molecule has 7 N–H and O–H groups in total. The molecule has 15 atom stereocenters. The van der Waals surface area contributed by atoms with Gasteiger partial charge in [0, 0.05) is 25.8 Å². The summed E-state index contributed by atoms with van der Waals surface area (Å²) in [5, 5.41) is 70.9. The summed E-state index contributed by atoms with van der Waals surface area (Å²) in [4.78, 5) is 50.2. The maximum atomic E-state index is 13.6. The number of carboxylic acid groups (broad SMARTS) is 1. The molecule has 2 heterocycles. The second-order valence-corrected chi connectivity index (χ2v) is 15.4. The number of ether oxygens (including phenoxy) is 5. The SMILES string of the molecule is C#CC(=O)NCCCC(=O)C1CC(CC)[C@@H](O[C@@H]2OC(C)[C@@H](O)[C@H](O)C2O)[C@H](O[C@@H]2O[C@@H](CO)[C@H](O)C(O[C@@H](CC3CCCCC3)C(=O)[O-])C2NC(C)=O)C1.[Na+]. The Labute approximate surface area is 350 Å². The van der Waals surface area contributed by atoms with Gasteiger partial charge in [-0.15, -0.1) is 6.42 Å². The van der Waals surface area contributed by atoms with Gasteiger partial charge in [0.15, 0.2) is 12.6 Å². The van der Waals surface area contributed by atoms with E-state index in [2.05, 4.69) is 10.6 Å². The summed E-state index contributed by atoms with van der Waals surface area (Å²) < 4.78 is 30.8. The number of hydrogen-bond donors (Lipinski definition) is 7. The number of carboxylic acids is 1. The number of carbonyl (C=O) groups is 4. The Kier molecular flexibility index (Phi) is 20.1. The molecule has 0 radical (unpaired) electrons. The van der Waals surface area contributed by atoms with Gasteiger partial charge in [-0.25, -0.2) is 0 Å². The van der Waals surface area contributed by atoms with Gasteiger partial charge >= 0.3 is 29.6 Å². The molecular formula is C38H59N2NaO15. The fourth-order valence-electron chi connectivity index (χ4n) is 8.34. The number of aliphatic hydroxyl groups is 5. The quantitative estimate of drug-likeness (QED) is 0.0413. The molecule has 2 saturated carbocycles. The first kappa shape index (κ1) is 48.6. The van der Waals surface area contributed by atoms with Crippen LogP contribution in [0.2, 0.25) is 0 Å². The Bertz CT molecular complexity index is 1330. The Hall–Kier alpha value is -1.76. The number of nitrogens with one attached hydrogen (secondary N) is 2. The van der Waals surface area contributed by atoms with Gasteiger partial charge in [-0.05, 0) is 50.4 Å². The Morgan fingerprint density at radius 3 is 2.25 bits per heavy atom. The van der Waals surface area contributed by atoms with Crippen molar-refractivity contribution in [3.63, 3.8) is 0 Å². The van der Waals surface area contributed by atoms with Gasteiger partial charge < -0.3 is 69.8 Å². The molecule has 0 spiro atoms. The van der Waals surface area contributed by atoms with E-state index in [1.165, 1.54) is 13.8 Å². The summed E-state index contributed by atoms with van der Waals surface area (Å²) >= 11 is 0. The van der Waals surface area contributed by atoms with E-state index < -0.39 is 116 Å². The molecule has 0 aromatic rings. The summed E-state index contributed by atoms with van der Waals surface area (Å²) in [5.74, 6) is -1.81. The van der Waals surface area contributed by atoms with Gasteiger partial charge in [-0.3, -0.25) is 14.4 Å². The number of Topliss-reactive ketones (excluding diaryl/α,β-unsaturated/α-hetero) is 1. The van der Waals surface area contributed by atoms with Crippen LogP contribution >= 0.6 is 0 Å². The normalized spacial score (nSPS) is 37.0. The van der Waals surface area contributed by atoms with Crippen molar-refractivity contribution in [3.05, 3.63) is 0 Å². The summed E-state index contributed by atoms with van der Waals surface area (Å²) in [6.07, 6.45) is -5.32. The number of hydrogen-bond acceptors (Lipinski definition) is 15. The molecule has 56 heavy (non-hydrogen) atoms. The summed E-state index contributed by atoms with van der Waals surface area (Å²) in [5.41, 5.74) is 0. The third kappa shape index (κ3) is 12.9. The van der Waals surface area contributed by atoms with Crippen LogP contribution in [0.1, 0.15) is 91.4 Å². The summed E-state index contributed by atoms with van der Waals surface area (Å²) in [6.45, 7) is 4.03. The standard InChI is InChI=1S/C38H60N2O15.Na/c1-5-22-16-23(24(43)13-10-14-39-28(44)6-2)17-25(34(22)55-38-33(48)32(47)30(45)19(3)51-38)53-37-29(40-20(4)42)35(31(46)27(18-41)54-37)52-26(36(49)50)15-21-11-8-7-9-12-21;/h2,19,21-23,25-27,29-35,37-38,41,45-48H,5,7-18H2,1,3-4H3,(H,39,44)(H,40,42)(H,49,50);/q;+1/p-1/t19?,22?,23?,25-,26+,27+,29?,30-,31+,32+,33?,34-,35?,37-,38+;/m1./s1. The fourth-order valence-corrected chi connectivity index (χ4v) is 8.34. The zero-order valence-corrected chi connectivity index (χ0v) is 34.8. The number of carbonyl (C=O) groups excluding carboxylic acids is 4. The van der Waals surface area contributed by atoms with Gasteiger partial charge in [0.2, 0.25) is 5.91 Å². The molecular weight excluding hydrogens is 747 g/mol. The molecule has 2 amide bonds. The van der Waals surface area contributed by atoms with Crippen LogP contribution in [0.25, 0.3) is 0 Å². The molecule has 6 unspecified atom stereocenters. The number of ketones is 1. The number of terminal acetylenes is 1. The van der Waals surface area contributed by atoms with Crippen LogP contribution in [0.4, 0.5) is 0 Å². The molecule has 2 aliphatic carbocycles. The second-order valence-electron chi connectivity index (χ2n) is 15.4. The monoisotopic (exact) mass is 806 g/mol. The Morgan fingerprint density at radius 1 is 0.946 bits per heavy atom. The van der Waals surface area contributed by atoms with Crippen molar-refractivity contribution >= 4 is 23.6 Å². The molecule has 18 heteroatoms. The van der Waals surface area contributed by atoms with E-state index >= 15 is 0 Å². The van der Waals surface area contributed by atoms with Gasteiger partial charge in [0.1, 0.15) is 48.4 Å². The third-order valence-corrected chi connectivity index (χ3v) is 11.4. The molecule has 17 nitrogen and oxygen atoms in total. The van der Waals surface area contributed by atoms with E-state index in [1.807, 2.05) is 12.8 Å². The smallest absolute Gasteiger partial charge is 0.547 e. The van der Waals surface area contributed by atoms with Gasteiger partial charge in [-0.1, -0.05) is 45.4 Å². The molecule has 0 aromatic heterocycles. The summed E-state index contributed by atoms with van der Waals surface area (Å²) in [7, 11) is 0. The van der Waals surface area contributed by atoms with Crippen molar-refractivity contribution in [2.24, 2.45) is 17.8 Å². The number of aliphatic hydroxyl groups excluding tert-OH is 5. The zero-order chi connectivity index (χ0) is 40.4. The van der Waals surface area contributed by atoms with Crippen LogP contribution in [0, 0.1) is 30.1 Å². The molecule has 312 valence electrons. The van der Waals surface area contributed by atoms with Crippen molar-refractivity contribution in [2.75, 3.05) is 13.2 Å². The average Bonchev–Trinajstić information content (AvgIpc) is 3.16. The van der Waals surface area contributed by atoms with Crippen LogP contribution < -0.4 is 45.3 Å². The first-order chi connectivity index (χ1) is 26.2. The van der Waals surface area contributed by atoms with E-state index in [-0.39, 0.29) is 67.1 Å². The first-order valence-corrected chi connectivity index (χ1v) is 19.5. The van der Waals surface area contributed by atoms with E-state index in [1.54, 1.807) is 0 Å². The van der Waals surface area contributed by atoms with Crippen LogP contribution in [0.15, 0.2) is 0 Å². The Balaban J connectivity index is 0.00000841. The van der Waals surface area contributed by atoms with Crippen molar-refractivity contribution < 1.29 is 103 Å². The van der Waals surface area contributed by atoms with Crippen molar-refractivity contribution in [2.45, 2.75) is 171 Å². The number of aliphatic carboxylic acids is 1. The molecule has 4 rings (SSSR count). The predicted molar refractivity (Wildman–Crippen MR) is 189 cm³/mol. The van der Waals surface area contributed by atoms with Crippen molar-refractivity contribution in [1.82, 2.24) is 10.6 Å². The van der Waals surface area contributed by atoms with Gasteiger partial charge in [-0.2, -0.15) is 0 Å². The van der Waals surface area contributed by atoms with Crippen LogP contribution in [0.3, 0.4) is 0 Å². The van der Waals surface area contributed by atoms with Crippen LogP contribution in [-0.4, -0.2) is 142 Å². The van der Waals surface area contributed by atoms with E-state index in [9.17, 15) is 49.8 Å². The van der Waals surface area contributed by atoms with Gasteiger partial charge in [0.05, 0.1) is 37.0 Å². The summed E-state index contributed by atoms with van der Waals surface area (Å²) in [6, 6.07) is -1.33. The van der Waals surface area contributed by atoms with Crippen LogP contribution in [-0.2, 0) is 42.9 Å². The van der Waals surface area contributed by atoms with Gasteiger partial charge in [0.25, 0.3) is 5.91 Å². The van der Waals surface area contributed by atoms with Crippen molar-refractivity contribution in [3.8, 4) is 12.3 Å². The number of amides is 2.